The molecule has 0 aromatic heterocycles. The summed E-state index contributed by atoms with van der Waals surface area (Å²) in [6.45, 7) is 4.41. The number of thioether (sulfide) groups is 1. The molecular formula is C15H23NO2S. The van der Waals surface area contributed by atoms with E-state index >= 15 is 0 Å². The van der Waals surface area contributed by atoms with Crippen molar-refractivity contribution in [3.8, 4) is 5.75 Å². The fraction of sp³-hybridized carbons (Fsp3) is 0.600. The van der Waals surface area contributed by atoms with E-state index < -0.39 is 0 Å². The van der Waals surface area contributed by atoms with Crippen LogP contribution in [0, 0.1) is 0 Å². The second-order valence-electron chi connectivity index (χ2n) is 4.83. The van der Waals surface area contributed by atoms with Crippen molar-refractivity contribution in [3.05, 3.63) is 29.8 Å². The Morgan fingerprint density at radius 2 is 2.37 bits per heavy atom. The zero-order chi connectivity index (χ0) is 13.5. The first-order valence-corrected chi connectivity index (χ1v) is 7.99. The smallest absolute Gasteiger partial charge is 0.119 e. The second kappa shape index (κ2) is 7.78. The summed E-state index contributed by atoms with van der Waals surface area (Å²) in [5.41, 5.74) is 6.72. The Balaban J connectivity index is 1.61. The van der Waals surface area contributed by atoms with Gasteiger partial charge in [-0.3, -0.25) is 0 Å². The van der Waals surface area contributed by atoms with Crippen molar-refractivity contribution in [2.24, 2.45) is 5.73 Å². The van der Waals surface area contributed by atoms with Gasteiger partial charge in [-0.05, 0) is 43.2 Å². The monoisotopic (exact) mass is 281 g/mol. The minimum atomic E-state index is 0.409. The number of hydrogen-bond donors (Lipinski definition) is 1. The lowest BCUT2D eigenvalue weighted by molar-refractivity contribution is 0.127. The maximum atomic E-state index is 5.74. The Morgan fingerprint density at radius 3 is 3.11 bits per heavy atom. The lowest BCUT2D eigenvalue weighted by Gasteiger charge is -2.13. The van der Waals surface area contributed by atoms with E-state index in [0.29, 0.717) is 17.9 Å². The van der Waals surface area contributed by atoms with Gasteiger partial charge in [0.15, 0.2) is 0 Å². The van der Waals surface area contributed by atoms with Crippen LogP contribution in [0.15, 0.2) is 24.3 Å². The molecule has 19 heavy (non-hydrogen) atoms. The number of rotatable bonds is 7. The molecule has 0 saturated carbocycles. The van der Waals surface area contributed by atoms with Gasteiger partial charge in [0, 0.05) is 18.4 Å². The molecule has 1 saturated heterocycles. The van der Waals surface area contributed by atoms with Gasteiger partial charge in [0.05, 0.1) is 12.7 Å². The molecule has 0 amide bonds. The van der Waals surface area contributed by atoms with E-state index in [0.717, 1.165) is 36.7 Å². The van der Waals surface area contributed by atoms with Gasteiger partial charge in [-0.2, -0.15) is 11.8 Å². The SMILES string of the molecule is CC1OCCC1SCCCOc1cccc(CN)c1. The van der Waals surface area contributed by atoms with Crippen LogP contribution in [0.5, 0.6) is 5.75 Å². The Labute approximate surface area is 119 Å². The van der Waals surface area contributed by atoms with Crippen molar-refractivity contribution in [1.29, 1.82) is 0 Å². The van der Waals surface area contributed by atoms with Gasteiger partial charge in [-0.25, -0.2) is 0 Å². The van der Waals surface area contributed by atoms with Crippen molar-refractivity contribution in [1.82, 2.24) is 0 Å². The van der Waals surface area contributed by atoms with E-state index in [2.05, 4.69) is 6.92 Å². The van der Waals surface area contributed by atoms with E-state index in [1.54, 1.807) is 0 Å². The largest absolute Gasteiger partial charge is 0.494 e. The van der Waals surface area contributed by atoms with E-state index in [4.69, 9.17) is 15.2 Å². The zero-order valence-electron chi connectivity index (χ0n) is 11.5. The molecule has 1 aromatic carbocycles. The van der Waals surface area contributed by atoms with Gasteiger partial charge in [0.1, 0.15) is 5.75 Å². The average molecular weight is 281 g/mol. The van der Waals surface area contributed by atoms with Crippen LogP contribution in [0.25, 0.3) is 0 Å². The van der Waals surface area contributed by atoms with Crippen molar-refractivity contribution in [3.63, 3.8) is 0 Å². The standard InChI is InChI=1S/C15H23NO2S/c1-12-15(6-8-17-12)19-9-3-7-18-14-5-2-4-13(10-14)11-16/h2,4-5,10,12,15H,3,6-9,11,16H2,1H3. The lowest BCUT2D eigenvalue weighted by atomic mass is 10.2. The fourth-order valence-corrected chi connectivity index (χ4v) is 3.38. The first kappa shape index (κ1) is 14.7. The minimum absolute atomic E-state index is 0.409. The summed E-state index contributed by atoms with van der Waals surface area (Å²) >= 11 is 2.01. The normalized spacial score (nSPS) is 22.6. The Morgan fingerprint density at radius 1 is 1.47 bits per heavy atom. The molecule has 4 heteroatoms. The summed E-state index contributed by atoms with van der Waals surface area (Å²) in [6.07, 6.45) is 2.67. The molecule has 106 valence electrons. The van der Waals surface area contributed by atoms with Crippen molar-refractivity contribution in [2.45, 2.75) is 37.7 Å². The van der Waals surface area contributed by atoms with Crippen LogP contribution >= 0.6 is 11.8 Å². The molecule has 1 aliphatic heterocycles. The third-order valence-corrected chi connectivity index (χ3v) is 4.90. The van der Waals surface area contributed by atoms with E-state index in [1.807, 2.05) is 36.0 Å². The summed E-state index contributed by atoms with van der Waals surface area (Å²) in [4.78, 5) is 0. The zero-order valence-corrected chi connectivity index (χ0v) is 12.3. The average Bonchev–Trinajstić information content (AvgIpc) is 2.84. The van der Waals surface area contributed by atoms with Gasteiger partial charge in [0.25, 0.3) is 0 Å². The van der Waals surface area contributed by atoms with E-state index in [-0.39, 0.29) is 0 Å². The van der Waals surface area contributed by atoms with Gasteiger partial charge in [0.2, 0.25) is 0 Å². The molecule has 1 aliphatic rings. The number of nitrogens with two attached hydrogens (primary N) is 1. The summed E-state index contributed by atoms with van der Waals surface area (Å²) in [5.74, 6) is 2.06. The second-order valence-corrected chi connectivity index (χ2v) is 6.17. The van der Waals surface area contributed by atoms with E-state index in [1.165, 1.54) is 6.42 Å². The summed E-state index contributed by atoms with van der Waals surface area (Å²) in [6, 6.07) is 8.01. The Hall–Kier alpha value is -0.710. The van der Waals surface area contributed by atoms with Crippen LogP contribution in [-0.4, -0.2) is 30.3 Å². The molecule has 0 aliphatic carbocycles. The summed E-state index contributed by atoms with van der Waals surface area (Å²) in [5, 5.41) is 0.667. The van der Waals surface area contributed by atoms with Crippen LogP contribution in [0.2, 0.25) is 0 Å². The third-order valence-electron chi connectivity index (χ3n) is 3.33. The molecule has 1 fully saturated rings. The van der Waals surface area contributed by atoms with Gasteiger partial charge < -0.3 is 15.2 Å². The summed E-state index contributed by atoms with van der Waals surface area (Å²) < 4.78 is 11.3. The first-order valence-electron chi connectivity index (χ1n) is 6.94. The molecule has 2 atom stereocenters. The molecule has 1 heterocycles. The highest BCUT2D eigenvalue weighted by atomic mass is 32.2. The number of benzene rings is 1. The highest BCUT2D eigenvalue weighted by Gasteiger charge is 2.23. The predicted molar refractivity (Wildman–Crippen MR) is 80.7 cm³/mol. The maximum Gasteiger partial charge on any atom is 0.119 e. The molecule has 3 nitrogen and oxygen atoms in total. The van der Waals surface area contributed by atoms with Crippen molar-refractivity contribution in [2.75, 3.05) is 19.0 Å². The van der Waals surface area contributed by atoms with Gasteiger partial charge in [-0.15, -0.1) is 0 Å². The molecular weight excluding hydrogens is 258 g/mol. The quantitative estimate of drug-likeness (QED) is 0.781. The maximum absolute atomic E-state index is 5.74. The van der Waals surface area contributed by atoms with Crippen LogP contribution in [0.1, 0.15) is 25.3 Å². The molecule has 2 rings (SSSR count). The van der Waals surface area contributed by atoms with Crippen LogP contribution in [0.3, 0.4) is 0 Å². The van der Waals surface area contributed by atoms with E-state index in [9.17, 15) is 0 Å². The molecule has 0 spiro atoms. The van der Waals surface area contributed by atoms with Crippen molar-refractivity contribution < 1.29 is 9.47 Å². The van der Waals surface area contributed by atoms with Crippen LogP contribution in [-0.2, 0) is 11.3 Å². The Bertz CT molecular complexity index is 386. The third kappa shape index (κ3) is 4.71. The number of ether oxygens (including phenoxy) is 2. The fourth-order valence-electron chi connectivity index (χ4n) is 2.18. The van der Waals surface area contributed by atoms with Crippen LogP contribution in [0.4, 0.5) is 0 Å². The summed E-state index contributed by atoms with van der Waals surface area (Å²) in [7, 11) is 0. The molecule has 2 unspecified atom stereocenters. The Kier molecular flexibility index (Phi) is 6.01. The van der Waals surface area contributed by atoms with Gasteiger partial charge >= 0.3 is 0 Å². The van der Waals surface area contributed by atoms with Crippen molar-refractivity contribution >= 4 is 11.8 Å². The molecule has 2 N–H and O–H groups in total. The molecule has 1 aromatic rings. The highest BCUT2D eigenvalue weighted by Crippen LogP contribution is 2.26. The number of hydrogen-bond acceptors (Lipinski definition) is 4. The highest BCUT2D eigenvalue weighted by molar-refractivity contribution is 7.99. The van der Waals surface area contributed by atoms with Gasteiger partial charge in [-0.1, -0.05) is 12.1 Å². The predicted octanol–water partition coefficient (Wildman–Crippen LogP) is 2.82. The lowest BCUT2D eigenvalue weighted by Crippen LogP contribution is -2.14. The molecule has 0 radical (unpaired) electrons. The first-order chi connectivity index (χ1) is 9.29. The minimum Gasteiger partial charge on any atom is -0.494 e. The topological polar surface area (TPSA) is 44.5 Å². The van der Waals surface area contributed by atoms with Crippen LogP contribution < -0.4 is 10.5 Å². The molecule has 0 bridgehead atoms.